The van der Waals surface area contributed by atoms with E-state index in [1.165, 1.54) is 24.3 Å². The summed E-state index contributed by atoms with van der Waals surface area (Å²) in [6.07, 6.45) is -2.65. The Morgan fingerprint density at radius 3 is 2.10 bits per heavy atom. The molecule has 0 heterocycles. The fraction of sp³-hybridized carbons (Fsp3) is 0.250. The lowest BCUT2D eigenvalue weighted by atomic mass is 9.87. The zero-order chi connectivity index (χ0) is 15.3. The molecule has 0 aliphatic carbocycles. The van der Waals surface area contributed by atoms with E-state index in [-0.39, 0.29) is 5.56 Å². The van der Waals surface area contributed by atoms with Crippen LogP contribution >= 0.6 is 0 Å². The third kappa shape index (κ3) is 2.67. The van der Waals surface area contributed by atoms with Crippen LogP contribution in [-0.2, 0) is 19.4 Å². The van der Waals surface area contributed by atoms with Crippen molar-refractivity contribution in [2.75, 3.05) is 7.11 Å². The maximum atomic E-state index is 12.2. The molecule has 0 radical (unpaired) electrons. The number of aliphatic hydroxyl groups is 1. The normalized spacial score (nSPS) is 15.1. The van der Waals surface area contributed by atoms with Crippen LogP contribution in [0, 0.1) is 0 Å². The summed E-state index contributed by atoms with van der Waals surface area (Å²) in [5.74, 6) is -5.17. The molecule has 1 aromatic carbocycles. The van der Waals surface area contributed by atoms with Crippen LogP contribution in [0.15, 0.2) is 30.3 Å². The molecule has 1 rings (SSSR count). The Morgan fingerprint density at radius 2 is 1.70 bits per heavy atom. The first-order valence-electron chi connectivity index (χ1n) is 5.33. The standard InChI is InChI=1S/C12H12O8/c1-19-20-12(11(17)18,9(14)10(15)16)8(13)7-5-3-2-4-6-7/h2-6,9,14H,1H3,(H,15,16)(H,17,18)/t9?,12-/m1/s1. The van der Waals surface area contributed by atoms with Gasteiger partial charge < -0.3 is 15.3 Å². The van der Waals surface area contributed by atoms with Crippen LogP contribution in [0.1, 0.15) is 10.4 Å². The first-order valence-corrected chi connectivity index (χ1v) is 5.33. The molecule has 8 heteroatoms. The molecule has 2 atom stereocenters. The summed E-state index contributed by atoms with van der Waals surface area (Å²) in [4.78, 5) is 42.9. The number of carboxylic acid groups (broad SMARTS) is 2. The zero-order valence-corrected chi connectivity index (χ0v) is 10.3. The van der Waals surface area contributed by atoms with Gasteiger partial charge in [-0.1, -0.05) is 30.3 Å². The second-order valence-corrected chi connectivity index (χ2v) is 3.73. The molecule has 0 amide bonds. The third-order valence-electron chi connectivity index (χ3n) is 2.52. The molecular formula is C12H12O8. The number of aliphatic hydroxyl groups excluding tert-OH is 1. The summed E-state index contributed by atoms with van der Waals surface area (Å²) in [5, 5.41) is 27.5. The van der Waals surface area contributed by atoms with E-state index in [1.807, 2.05) is 0 Å². The van der Waals surface area contributed by atoms with Gasteiger partial charge in [-0.3, -0.25) is 4.79 Å². The van der Waals surface area contributed by atoms with Crippen molar-refractivity contribution >= 4 is 17.7 Å². The van der Waals surface area contributed by atoms with Crippen molar-refractivity contribution in [3.05, 3.63) is 35.9 Å². The van der Waals surface area contributed by atoms with Crippen molar-refractivity contribution in [1.82, 2.24) is 0 Å². The molecule has 0 bridgehead atoms. The van der Waals surface area contributed by atoms with Gasteiger partial charge in [0.15, 0.2) is 0 Å². The zero-order valence-electron chi connectivity index (χ0n) is 10.3. The van der Waals surface area contributed by atoms with Crippen molar-refractivity contribution in [3.63, 3.8) is 0 Å². The summed E-state index contributed by atoms with van der Waals surface area (Å²) < 4.78 is 0. The van der Waals surface area contributed by atoms with Crippen LogP contribution in [0.25, 0.3) is 0 Å². The second kappa shape index (κ2) is 6.24. The maximum absolute atomic E-state index is 12.2. The average molecular weight is 284 g/mol. The number of benzene rings is 1. The van der Waals surface area contributed by atoms with Gasteiger partial charge in [-0.05, 0) is 0 Å². The minimum Gasteiger partial charge on any atom is -0.479 e. The van der Waals surface area contributed by atoms with Gasteiger partial charge in [0.05, 0.1) is 7.11 Å². The number of Topliss-reactive ketones (excluding diaryl/α,β-unsaturated/α-hetero) is 1. The van der Waals surface area contributed by atoms with Crippen molar-refractivity contribution in [3.8, 4) is 0 Å². The highest BCUT2D eigenvalue weighted by atomic mass is 17.2. The highest BCUT2D eigenvalue weighted by Gasteiger charge is 2.58. The van der Waals surface area contributed by atoms with Gasteiger partial charge in [-0.25, -0.2) is 19.4 Å². The summed E-state index contributed by atoms with van der Waals surface area (Å²) in [6, 6.07) is 6.98. The van der Waals surface area contributed by atoms with Gasteiger partial charge >= 0.3 is 11.9 Å². The fourth-order valence-corrected chi connectivity index (χ4v) is 1.57. The second-order valence-electron chi connectivity index (χ2n) is 3.73. The summed E-state index contributed by atoms with van der Waals surface area (Å²) in [6.45, 7) is 0. The lowest BCUT2D eigenvalue weighted by Crippen LogP contribution is -2.60. The molecule has 8 nitrogen and oxygen atoms in total. The Balaban J connectivity index is 3.39. The van der Waals surface area contributed by atoms with Crippen LogP contribution in [0.2, 0.25) is 0 Å². The number of ketones is 1. The van der Waals surface area contributed by atoms with Crippen molar-refractivity contribution in [2.45, 2.75) is 11.7 Å². The van der Waals surface area contributed by atoms with E-state index < -0.39 is 29.4 Å². The van der Waals surface area contributed by atoms with E-state index in [2.05, 4.69) is 9.78 Å². The van der Waals surface area contributed by atoms with E-state index in [1.54, 1.807) is 6.07 Å². The Labute approximate surface area is 113 Å². The number of aliphatic carboxylic acids is 2. The summed E-state index contributed by atoms with van der Waals surface area (Å²) >= 11 is 0. The molecule has 0 fully saturated rings. The highest BCUT2D eigenvalue weighted by Crippen LogP contribution is 2.24. The molecule has 1 aromatic rings. The van der Waals surface area contributed by atoms with Crippen LogP contribution in [-0.4, -0.2) is 51.9 Å². The Kier molecular flexibility index (Phi) is 4.92. The number of hydrogen-bond donors (Lipinski definition) is 3. The number of carbonyl (C=O) groups excluding carboxylic acids is 1. The monoisotopic (exact) mass is 284 g/mol. The number of rotatable bonds is 7. The van der Waals surface area contributed by atoms with Gasteiger partial charge in [0.1, 0.15) is 0 Å². The van der Waals surface area contributed by atoms with E-state index in [9.17, 15) is 19.5 Å². The van der Waals surface area contributed by atoms with Crippen molar-refractivity contribution in [1.29, 1.82) is 0 Å². The topological polar surface area (TPSA) is 130 Å². The number of hydrogen-bond acceptors (Lipinski definition) is 6. The molecule has 0 aromatic heterocycles. The predicted molar refractivity (Wildman–Crippen MR) is 62.9 cm³/mol. The lowest BCUT2D eigenvalue weighted by Gasteiger charge is -2.28. The largest absolute Gasteiger partial charge is 0.479 e. The third-order valence-corrected chi connectivity index (χ3v) is 2.52. The predicted octanol–water partition coefficient (Wildman–Crippen LogP) is -0.284. The smallest absolute Gasteiger partial charge is 0.351 e. The quantitative estimate of drug-likeness (QED) is 0.269. The Bertz CT molecular complexity index is 511. The van der Waals surface area contributed by atoms with Crippen LogP contribution in [0.5, 0.6) is 0 Å². The molecule has 0 saturated heterocycles. The van der Waals surface area contributed by atoms with E-state index in [0.29, 0.717) is 0 Å². The van der Waals surface area contributed by atoms with Crippen LogP contribution in [0.3, 0.4) is 0 Å². The van der Waals surface area contributed by atoms with Gasteiger partial charge in [0, 0.05) is 5.56 Å². The molecule has 0 aliphatic heterocycles. The Morgan fingerprint density at radius 1 is 1.15 bits per heavy atom. The molecule has 20 heavy (non-hydrogen) atoms. The van der Waals surface area contributed by atoms with Gasteiger partial charge in [-0.15, -0.1) is 0 Å². The minimum absolute atomic E-state index is 0.146. The van der Waals surface area contributed by atoms with E-state index in [0.717, 1.165) is 7.11 Å². The average Bonchev–Trinajstić information content (AvgIpc) is 2.43. The minimum atomic E-state index is -3.10. The molecule has 1 unspecified atom stereocenters. The first-order chi connectivity index (χ1) is 9.37. The molecule has 108 valence electrons. The number of carbonyl (C=O) groups is 3. The van der Waals surface area contributed by atoms with E-state index >= 15 is 0 Å². The fourth-order valence-electron chi connectivity index (χ4n) is 1.57. The lowest BCUT2D eigenvalue weighted by molar-refractivity contribution is -0.336. The van der Waals surface area contributed by atoms with Gasteiger partial charge in [-0.2, -0.15) is 0 Å². The van der Waals surface area contributed by atoms with Gasteiger partial charge in [0.2, 0.25) is 11.9 Å². The molecule has 0 aliphatic rings. The van der Waals surface area contributed by atoms with Crippen molar-refractivity contribution < 1.29 is 39.5 Å². The first kappa shape index (κ1) is 15.8. The SMILES string of the molecule is COO[C@](C(=O)O)(C(=O)c1ccccc1)C(O)C(=O)O. The highest BCUT2D eigenvalue weighted by molar-refractivity contribution is 6.17. The van der Waals surface area contributed by atoms with Gasteiger partial charge in [0.25, 0.3) is 5.60 Å². The van der Waals surface area contributed by atoms with Crippen molar-refractivity contribution in [2.24, 2.45) is 0 Å². The molecule has 3 N–H and O–H groups in total. The number of carboxylic acids is 2. The van der Waals surface area contributed by atoms with E-state index in [4.69, 9.17) is 10.2 Å². The molecular weight excluding hydrogens is 272 g/mol. The van der Waals surface area contributed by atoms with Crippen LogP contribution < -0.4 is 0 Å². The molecule has 0 saturated carbocycles. The van der Waals surface area contributed by atoms with Crippen LogP contribution in [0.4, 0.5) is 0 Å². The molecule has 0 spiro atoms. The summed E-state index contributed by atoms with van der Waals surface area (Å²) in [7, 11) is 0.893. The maximum Gasteiger partial charge on any atom is 0.351 e. The Hall–Kier alpha value is -2.29. The summed E-state index contributed by atoms with van der Waals surface area (Å²) in [5.41, 5.74) is -3.24.